The van der Waals surface area contributed by atoms with Crippen LogP contribution in [0.25, 0.3) is 0 Å². The van der Waals surface area contributed by atoms with Gasteiger partial charge in [-0.2, -0.15) is 0 Å². The number of hydrogen-bond donors (Lipinski definition) is 1. The summed E-state index contributed by atoms with van der Waals surface area (Å²) in [6.45, 7) is 3.81. The van der Waals surface area contributed by atoms with E-state index in [0.29, 0.717) is 0 Å². The molecule has 1 aliphatic rings. The van der Waals surface area contributed by atoms with Crippen LogP contribution in [0.2, 0.25) is 0 Å². The van der Waals surface area contributed by atoms with Gasteiger partial charge in [0, 0.05) is 24.3 Å². The zero-order valence-corrected chi connectivity index (χ0v) is 11.9. The number of fused-ring (bicyclic) bond motifs is 1. The van der Waals surface area contributed by atoms with E-state index in [0.717, 1.165) is 31.5 Å². The number of aryl methyl sites for hydroxylation is 1. The minimum Gasteiger partial charge on any atom is -0.389 e. The second-order valence-corrected chi connectivity index (χ2v) is 5.53. The normalized spacial score (nSPS) is 16.4. The molecule has 0 radical (unpaired) electrons. The second-order valence-electron chi connectivity index (χ2n) is 5.53. The molecule has 0 bridgehead atoms. The van der Waals surface area contributed by atoms with Crippen molar-refractivity contribution in [2.24, 2.45) is 0 Å². The van der Waals surface area contributed by atoms with E-state index < -0.39 is 6.10 Å². The number of hydrogen-bond acceptors (Lipinski definition) is 2. The van der Waals surface area contributed by atoms with E-state index in [1.54, 1.807) is 0 Å². The van der Waals surface area contributed by atoms with Gasteiger partial charge < -0.3 is 10.0 Å². The van der Waals surface area contributed by atoms with Crippen molar-refractivity contribution in [3.63, 3.8) is 0 Å². The Morgan fingerprint density at radius 2 is 1.70 bits per heavy atom. The third-order valence-electron chi connectivity index (χ3n) is 4.08. The molecule has 20 heavy (non-hydrogen) atoms. The molecule has 0 aromatic heterocycles. The second kappa shape index (κ2) is 5.68. The van der Waals surface area contributed by atoms with Crippen molar-refractivity contribution in [3.8, 4) is 0 Å². The number of anilines is 1. The monoisotopic (exact) mass is 267 g/mol. The van der Waals surface area contributed by atoms with Crippen LogP contribution < -0.4 is 4.90 Å². The first-order valence-electron chi connectivity index (χ1n) is 7.34. The lowest BCUT2D eigenvalue weighted by atomic mass is 10.0. The third kappa shape index (κ3) is 2.56. The molecule has 1 N–H and O–H groups in total. The van der Waals surface area contributed by atoms with Gasteiger partial charge in [0.25, 0.3) is 0 Å². The summed E-state index contributed by atoms with van der Waals surface area (Å²) in [6, 6.07) is 16.9. The van der Waals surface area contributed by atoms with Crippen LogP contribution in [0.5, 0.6) is 0 Å². The number of para-hydroxylation sites is 1. The maximum Gasteiger partial charge on any atom is 0.0781 e. The highest BCUT2D eigenvalue weighted by Crippen LogP contribution is 2.30. The van der Waals surface area contributed by atoms with Crippen molar-refractivity contribution in [2.75, 3.05) is 11.4 Å². The van der Waals surface area contributed by atoms with E-state index in [9.17, 15) is 5.11 Å². The number of aliphatic hydroxyl groups is 1. The van der Waals surface area contributed by atoms with Crippen LogP contribution in [0.1, 0.15) is 36.1 Å². The summed E-state index contributed by atoms with van der Waals surface area (Å²) in [5.41, 5.74) is 5.06. The molecule has 0 saturated carbocycles. The summed E-state index contributed by atoms with van der Waals surface area (Å²) in [4.78, 5) is 2.40. The summed E-state index contributed by atoms with van der Waals surface area (Å²) in [5.74, 6) is 0. The fourth-order valence-corrected chi connectivity index (χ4v) is 3.04. The summed E-state index contributed by atoms with van der Waals surface area (Å²) < 4.78 is 0. The van der Waals surface area contributed by atoms with E-state index in [1.165, 1.54) is 16.8 Å². The summed E-state index contributed by atoms with van der Waals surface area (Å²) in [6.07, 6.45) is 1.87. The van der Waals surface area contributed by atoms with Crippen LogP contribution in [0.3, 0.4) is 0 Å². The molecule has 1 heterocycles. The first-order valence-corrected chi connectivity index (χ1v) is 7.34. The first-order chi connectivity index (χ1) is 9.75. The summed E-state index contributed by atoms with van der Waals surface area (Å²) in [5, 5.41) is 9.97. The standard InChI is InChI=1S/C18H21NO/c1-14(20)17-10-4-5-11-18(17)19-12-6-9-15-7-2-3-8-16(15)13-19/h2-5,7-8,10-11,14,20H,6,9,12-13H2,1H3. The molecule has 2 heteroatoms. The third-order valence-corrected chi connectivity index (χ3v) is 4.08. The molecule has 1 atom stereocenters. The molecular weight excluding hydrogens is 246 g/mol. The van der Waals surface area contributed by atoms with Crippen LogP contribution in [0.15, 0.2) is 48.5 Å². The molecule has 3 rings (SSSR count). The first kappa shape index (κ1) is 13.2. The van der Waals surface area contributed by atoms with Gasteiger partial charge in [0.15, 0.2) is 0 Å². The molecule has 1 aliphatic heterocycles. The Bertz CT molecular complexity index is 591. The Balaban J connectivity index is 1.96. The Morgan fingerprint density at radius 3 is 2.50 bits per heavy atom. The quantitative estimate of drug-likeness (QED) is 0.897. The Hall–Kier alpha value is -1.80. The van der Waals surface area contributed by atoms with Crippen molar-refractivity contribution in [1.82, 2.24) is 0 Å². The van der Waals surface area contributed by atoms with Gasteiger partial charge >= 0.3 is 0 Å². The van der Waals surface area contributed by atoms with Crippen LogP contribution in [-0.4, -0.2) is 11.7 Å². The lowest BCUT2D eigenvalue weighted by molar-refractivity contribution is 0.199. The van der Waals surface area contributed by atoms with E-state index in [1.807, 2.05) is 19.1 Å². The fourth-order valence-electron chi connectivity index (χ4n) is 3.04. The maximum atomic E-state index is 9.97. The SMILES string of the molecule is CC(O)c1ccccc1N1CCCc2ccccc2C1. The van der Waals surface area contributed by atoms with Crippen LogP contribution in [-0.2, 0) is 13.0 Å². The Morgan fingerprint density at radius 1 is 1.00 bits per heavy atom. The van der Waals surface area contributed by atoms with Crippen molar-refractivity contribution < 1.29 is 5.11 Å². The highest BCUT2D eigenvalue weighted by atomic mass is 16.3. The van der Waals surface area contributed by atoms with Crippen molar-refractivity contribution in [3.05, 3.63) is 65.2 Å². The number of aliphatic hydroxyl groups excluding tert-OH is 1. The molecule has 0 saturated heterocycles. The van der Waals surface area contributed by atoms with Gasteiger partial charge in [-0.3, -0.25) is 0 Å². The van der Waals surface area contributed by atoms with E-state index >= 15 is 0 Å². The van der Waals surface area contributed by atoms with Crippen LogP contribution in [0.4, 0.5) is 5.69 Å². The summed E-state index contributed by atoms with van der Waals surface area (Å²) >= 11 is 0. The summed E-state index contributed by atoms with van der Waals surface area (Å²) in [7, 11) is 0. The minimum absolute atomic E-state index is 0.426. The highest BCUT2D eigenvalue weighted by Gasteiger charge is 2.18. The van der Waals surface area contributed by atoms with Crippen LogP contribution >= 0.6 is 0 Å². The molecule has 0 spiro atoms. The molecule has 0 fully saturated rings. The van der Waals surface area contributed by atoms with E-state index in [-0.39, 0.29) is 0 Å². The van der Waals surface area contributed by atoms with Gasteiger partial charge in [-0.1, -0.05) is 42.5 Å². The average molecular weight is 267 g/mol. The van der Waals surface area contributed by atoms with E-state index in [4.69, 9.17) is 0 Å². The topological polar surface area (TPSA) is 23.5 Å². The van der Waals surface area contributed by atoms with Gasteiger partial charge in [0.05, 0.1) is 6.10 Å². The van der Waals surface area contributed by atoms with Crippen LogP contribution in [0, 0.1) is 0 Å². The molecule has 1 unspecified atom stereocenters. The van der Waals surface area contributed by atoms with Gasteiger partial charge in [0.1, 0.15) is 0 Å². The lowest BCUT2D eigenvalue weighted by Crippen LogP contribution is -2.24. The van der Waals surface area contributed by atoms with Gasteiger partial charge in [0.2, 0.25) is 0 Å². The smallest absolute Gasteiger partial charge is 0.0781 e. The average Bonchev–Trinajstić information content (AvgIpc) is 2.69. The van der Waals surface area contributed by atoms with E-state index in [2.05, 4.69) is 41.3 Å². The molecular formula is C18H21NO. The molecule has 104 valence electrons. The largest absolute Gasteiger partial charge is 0.389 e. The number of benzene rings is 2. The molecule has 2 aromatic rings. The Labute approximate surface area is 120 Å². The van der Waals surface area contributed by atoms with Crippen molar-refractivity contribution in [1.29, 1.82) is 0 Å². The van der Waals surface area contributed by atoms with Gasteiger partial charge in [-0.05, 0) is 37.0 Å². The predicted octanol–water partition coefficient (Wildman–Crippen LogP) is 3.69. The molecule has 2 aromatic carbocycles. The highest BCUT2D eigenvalue weighted by molar-refractivity contribution is 5.55. The molecule has 2 nitrogen and oxygen atoms in total. The van der Waals surface area contributed by atoms with Gasteiger partial charge in [-0.15, -0.1) is 0 Å². The zero-order valence-electron chi connectivity index (χ0n) is 11.9. The zero-order chi connectivity index (χ0) is 13.9. The van der Waals surface area contributed by atoms with Gasteiger partial charge in [-0.25, -0.2) is 0 Å². The minimum atomic E-state index is -0.426. The maximum absolute atomic E-state index is 9.97. The van der Waals surface area contributed by atoms with Crippen molar-refractivity contribution >= 4 is 5.69 Å². The number of rotatable bonds is 2. The molecule has 0 amide bonds. The fraction of sp³-hybridized carbons (Fsp3) is 0.333. The van der Waals surface area contributed by atoms with Crippen molar-refractivity contribution in [2.45, 2.75) is 32.4 Å². The lowest BCUT2D eigenvalue weighted by Gasteiger charge is -2.26. The number of nitrogens with zero attached hydrogens (tertiary/aromatic N) is 1. The predicted molar refractivity (Wildman–Crippen MR) is 82.9 cm³/mol. The molecule has 0 aliphatic carbocycles. The Kier molecular flexibility index (Phi) is 3.75.